The van der Waals surface area contributed by atoms with E-state index in [1.165, 1.54) is 5.56 Å². The Kier molecular flexibility index (Phi) is 8.26. The lowest BCUT2D eigenvalue weighted by Crippen LogP contribution is -2.46. The number of nitrogens with zero attached hydrogens (tertiary/aromatic N) is 1. The monoisotopic (exact) mass is 300 g/mol. The number of rotatable bonds is 6. The molecule has 0 aliphatic rings. The highest BCUT2D eigenvalue weighted by atomic mass is 35.5. The van der Waals surface area contributed by atoms with Crippen molar-refractivity contribution in [3.63, 3.8) is 0 Å². The molecule has 1 aromatic rings. The second kappa shape index (κ2) is 8.82. The summed E-state index contributed by atoms with van der Waals surface area (Å²) >= 11 is 0. The summed E-state index contributed by atoms with van der Waals surface area (Å²) in [7, 11) is 1.75. The van der Waals surface area contributed by atoms with Gasteiger partial charge in [0.1, 0.15) is 12.4 Å². The van der Waals surface area contributed by atoms with Crippen LogP contribution in [-0.2, 0) is 4.79 Å². The molecule has 1 atom stereocenters. The summed E-state index contributed by atoms with van der Waals surface area (Å²) in [6.07, 6.45) is 0. The average molecular weight is 301 g/mol. The van der Waals surface area contributed by atoms with Crippen molar-refractivity contribution >= 4 is 18.3 Å². The third-order valence-electron chi connectivity index (χ3n) is 3.10. The van der Waals surface area contributed by atoms with Gasteiger partial charge in [-0.2, -0.15) is 0 Å². The summed E-state index contributed by atoms with van der Waals surface area (Å²) in [6, 6.07) is 7.41. The molecule has 0 fully saturated rings. The zero-order chi connectivity index (χ0) is 14.4. The highest BCUT2D eigenvalue weighted by molar-refractivity contribution is 5.85. The highest BCUT2D eigenvalue weighted by Gasteiger charge is 2.20. The first kappa shape index (κ1) is 18.7. The van der Waals surface area contributed by atoms with Crippen LogP contribution in [0.1, 0.15) is 19.4 Å². The SMILES string of the molecule is Cc1ccc(OCCN(C)C(=O)[C@H](N)C(C)C)cc1.Cl. The first-order chi connectivity index (χ1) is 8.91. The molecule has 1 rings (SSSR count). The number of amides is 1. The number of halogens is 1. The maximum atomic E-state index is 11.9. The van der Waals surface area contributed by atoms with Gasteiger partial charge in [-0.15, -0.1) is 12.4 Å². The van der Waals surface area contributed by atoms with E-state index in [-0.39, 0.29) is 24.2 Å². The van der Waals surface area contributed by atoms with E-state index < -0.39 is 6.04 Å². The Balaban J connectivity index is 0.00000361. The molecule has 4 nitrogen and oxygen atoms in total. The molecule has 0 aromatic heterocycles. The van der Waals surface area contributed by atoms with Crippen LogP contribution in [0.15, 0.2) is 24.3 Å². The molecule has 0 unspecified atom stereocenters. The van der Waals surface area contributed by atoms with E-state index in [9.17, 15) is 4.79 Å². The highest BCUT2D eigenvalue weighted by Crippen LogP contribution is 2.11. The standard InChI is InChI=1S/C15H24N2O2.ClH/c1-11(2)14(16)15(18)17(4)9-10-19-13-7-5-12(3)6-8-13;/h5-8,11,14H,9-10,16H2,1-4H3;1H/t14-;/m1./s1. The Hall–Kier alpha value is -1.26. The van der Waals surface area contributed by atoms with Crippen LogP contribution in [0.4, 0.5) is 0 Å². The number of benzene rings is 1. The van der Waals surface area contributed by atoms with Gasteiger partial charge in [0.15, 0.2) is 0 Å². The van der Waals surface area contributed by atoms with Crippen LogP contribution in [0, 0.1) is 12.8 Å². The summed E-state index contributed by atoms with van der Waals surface area (Å²) in [5, 5.41) is 0. The molecule has 1 aromatic carbocycles. The molecule has 0 aliphatic heterocycles. The number of aryl methyl sites for hydroxylation is 1. The van der Waals surface area contributed by atoms with Crippen molar-refractivity contribution in [2.75, 3.05) is 20.2 Å². The van der Waals surface area contributed by atoms with Gasteiger partial charge in [-0.05, 0) is 25.0 Å². The molecule has 0 saturated carbocycles. The lowest BCUT2D eigenvalue weighted by atomic mass is 10.0. The Morgan fingerprint density at radius 1 is 1.30 bits per heavy atom. The van der Waals surface area contributed by atoms with E-state index in [0.29, 0.717) is 13.2 Å². The van der Waals surface area contributed by atoms with Crippen molar-refractivity contribution in [2.24, 2.45) is 11.7 Å². The Morgan fingerprint density at radius 3 is 2.35 bits per heavy atom. The zero-order valence-corrected chi connectivity index (χ0v) is 13.4. The molecule has 20 heavy (non-hydrogen) atoms. The second-order valence-corrected chi connectivity index (χ2v) is 5.19. The van der Waals surface area contributed by atoms with Gasteiger partial charge in [0.25, 0.3) is 0 Å². The minimum atomic E-state index is -0.440. The smallest absolute Gasteiger partial charge is 0.239 e. The molecule has 0 bridgehead atoms. The fourth-order valence-corrected chi connectivity index (χ4v) is 1.58. The molecule has 5 heteroatoms. The third kappa shape index (κ3) is 5.80. The van der Waals surface area contributed by atoms with Crippen molar-refractivity contribution in [3.05, 3.63) is 29.8 Å². The molecule has 0 spiro atoms. The Bertz CT molecular complexity index is 407. The summed E-state index contributed by atoms with van der Waals surface area (Å²) in [5.74, 6) is 0.926. The first-order valence-electron chi connectivity index (χ1n) is 6.62. The molecule has 0 heterocycles. The van der Waals surface area contributed by atoms with Crippen LogP contribution in [-0.4, -0.2) is 37.0 Å². The topological polar surface area (TPSA) is 55.6 Å². The van der Waals surface area contributed by atoms with Gasteiger partial charge in [-0.25, -0.2) is 0 Å². The zero-order valence-electron chi connectivity index (χ0n) is 12.6. The van der Waals surface area contributed by atoms with E-state index in [2.05, 4.69) is 0 Å². The number of carbonyl (C=O) groups is 1. The minimum Gasteiger partial charge on any atom is -0.492 e. The van der Waals surface area contributed by atoms with E-state index in [1.807, 2.05) is 45.0 Å². The molecule has 0 aliphatic carbocycles. The molecular formula is C15H25ClN2O2. The van der Waals surface area contributed by atoms with E-state index in [0.717, 1.165) is 5.75 Å². The van der Waals surface area contributed by atoms with Gasteiger partial charge in [0, 0.05) is 7.05 Å². The fourth-order valence-electron chi connectivity index (χ4n) is 1.58. The Labute approximate surface area is 127 Å². The van der Waals surface area contributed by atoms with Crippen LogP contribution < -0.4 is 10.5 Å². The van der Waals surface area contributed by atoms with Crippen molar-refractivity contribution in [1.82, 2.24) is 4.90 Å². The summed E-state index contributed by atoms with van der Waals surface area (Å²) in [5.41, 5.74) is 7.03. The number of carbonyl (C=O) groups excluding carboxylic acids is 1. The van der Waals surface area contributed by atoms with E-state index >= 15 is 0 Å². The van der Waals surface area contributed by atoms with Gasteiger partial charge in [-0.3, -0.25) is 4.79 Å². The van der Waals surface area contributed by atoms with Crippen LogP contribution in [0.5, 0.6) is 5.75 Å². The van der Waals surface area contributed by atoms with Crippen LogP contribution in [0.3, 0.4) is 0 Å². The molecule has 0 saturated heterocycles. The van der Waals surface area contributed by atoms with Crippen molar-refractivity contribution < 1.29 is 9.53 Å². The quantitative estimate of drug-likeness (QED) is 0.876. The lowest BCUT2D eigenvalue weighted by molar-refractivity contribution is -0.132. The fraction of sp³-hybridized carbons (Fsp3) is 0.533. The first-order valence-corrected chi connectivity index (χ1v) is 6.62. The van der Waals surface area contributed by atoms with Crippen molar-refractivity contribution in [1.29, 1.82) is 0 Å². The van der Waals surface area contributed by atoms with Gasteiger partial charge in [-0.1, -0.05) is 31.5 Å². The number of hydrogen-bond acceptors (Lipinski definition) is 3. The van der Waals surface area contributed by atoms with Crippen molar-refractivity contribution in [2.45, 2.75) is 26.8 Å². The molecular weight excluding hydrogens is 276 g/mol. The van der Waals surface area contributed by atoms with Gasteiger partial charge < -0.3 is 15.4 Å². The van der Waals surface area contributed by atoms with Crippen LogP contribution >= 0.6 is 12.4 Å². The van der Waals surface area contributed by atoms with Gasteiger partial charge in [0.2, 0.25) is 5.91 Å². The normalized spacial score (nSPS) is 11.7. The number of hydrogen-bond donors (Lipinski definition) is 1. The summed E-state index contributed by atoms with van der Waals surface area (Å²) in [6.45, 7) is 6.92. The number of ether oxygens (including phenoxy) is 1. The summed E-state index contributed by atoms with van der Waals surface area (Å²) in [4.78, 5) is 13.5. The summed E-state index contributed by atoms with van der Waals surface area (Å²) < 4.78 is 5.59. The minimum absolute atomic E-state index is 0. The van der Waals surface area contributed by atoms with Crippen LogP contribution in [0.25, 0.3) is 0 Å². The molecule has 0 radical (unpaired) electrons. The Morgan fingerprint density at radius 2 is 1.85 bits per heavy atom. The third-order valence-corrected chi connectivity index (χ3v) is 3.10. The molecule has 1 amide bonds. The molecule has 2 N–H and O–H groups in total. The number of likely N-dealkylation sites (N-methyl/N-ethyl adjacent to an activating group) is 1. The van der Waals surface area contributed by atoms with Crippen LogP contribution in [0.2, 0.25) is 0 Å². The predicted molar refractivity (Wildman–Crippen MR) is 84.4 cm³/mol. The van der Waals surface area contributed by atoms with E-state index in [1.54, 1.807) is 11.9 Å². The largest absolute Gasteiger partial charge is 0.492 e. The predicted octanol–water partition coefficient (Wildman–Crippen LogP) is 2.24. The average Bonchev–Trinajstić information content (AvgIpc) is 2.39. The van der Waals surface area contributed by atoms with Gasteiger partial charge in [0.05, 0.1) is 12.6 Å². The van der Waals surface area contributed by atoms with E-state index in [4.69, 9.17) is 10.5 Å². The second-order valence-electron chi connectivity index (χ2n) is 5.19. The van der Waals surface area contributed by atoms with Crippen molar-refractivity contribution in [3.8, 4) is 5.75 Å². The maximum Gasteiger partial charge on any atom is 0.239 e. The number of nitrogens with two attached hydrogens (primary N) is 1. The van der Waals surface area contributed by atoms with Gasteiger partial charge >= 0.3 is 0 Å². The lowest BCUT2D eigenvalue weighted by Gasteiger charge is -2.23. The molecule has 114 valence electrons. The maximum absolute atomic E-state index is 11.9.